The minimum absolute atomic E-state index is 0.141. The van der Waals surface area contributed by atoms with Crippen LogP contribution < -0.4 is 4.74 Å². The largest absolute Gasteiger partial charge is 0.484 e. The van der Waals surface area contributed by atoms with Crippen LogP contribution in [0.2, 0.25) is 5.02 Å². The highest BCUT2D eigenvalue weighted by Gasteiger charge is 2.18. The molecular formula is C13H13ClN2O4S. The van der Waals surface area contributed by atoms with Crippen LogP contribution >= 0.6 is 23.4 Å². The second-order valence-electron chi connectivity index (χ2n) is 3.99. The van der Waals surface area contributed by atoms with E-state index >= 15 is 0 Å². The first kappa shape index (κ1) is 15.7. The first-order valence-electron chi connectivity index (χ1n) is 6.03. The van der Waals surface area contributed by atoms with Crippen LogP contribution in [0.25, 0.3) is 0 Å². The summed E-state index contributed by atoms with van der Waals surface area (Å²) < 4.78 is 15.5. The third kappa shape index (κ3) is 4.64. The summed E-state index contributed by atoms with van der Waals surface area (Å²) in [5.74, 6) is 0.622. The summed E-state index contributed by atoms with van der Waals surface area (Å²) in [5.41, 5.74) is 0. The number of ether oxygens (including phenoxy) is 2. The molecule has 0 spiro atoms. The fourth-order valence-corrected chi connectivity index (χ4v) is 2.24. The summed E-state index contributed by atoms with van der Waals surface area (Å²) in [6.07, 6.45) is 0. The number of methoxy groups -OCH3 is 1. The molecule has 0 unspecified atom stereocenters. The zero-order valence-electron chi connectivity index (χ0n) is 11.4. The van der Waals surface area contributed by atoms with Crippen LogP contribution in [0, 0.1) is 0 Å². The molecule has 0 radical (unpaired) electrons. The summed E-state index contributed by atoms with van der Waals surface area (Å²) in [6.45, 7) is 1.84. The Balaban J connectivity index is 1.88. The lowest BCUT2D eigenvalue weighted by molar-refractivity contribution is -0.139. The maximum atomic E-state index is 11.3. The molecule has 8 heteroatoms. The quantitative estimate of drug-likeness (QED) is 0.596. The van der Waals surface area contributed by atoms with E-state index in [-0.39, 0.29) is 12.6 Å². The van der Waals surface area contributed by atoms with Crippen molar-refractivity contribution in [2.24, 2.45) is 0 Å². The molecule has 112 valence electrons. The highest BCUT2D eigenvalue weighted by Crippen LogP contribution is 2.23. The molecule has 0 aliphatic heterocycles. The zero-order chi connectivity index (χ0) is 15.2. The van der Waals surface area contributed by atoms with Crippen LogP contribution in [-0.4, -0.2) is 28.5 Å². The average Bonchev–Trinajstić information content (AvgIpc) is 2.93. The predicted molar refractivity (Wildman–Crippen MR) is 77.4 cm³/mol. The first-order chi connectivity index (χ1) is 10.1. The number of thioether (sulfide) groups is 1. The topological polar surface area (TPSA) is 74.5 Å². The van der Waals surface area contributed by atoms with Crippen LogP contribution in [0.1, 0.15) is 12.8 Å². The van der Waals surface area contributed by atoms with Gasteiger partial charge in [0.2, 0.25) is 0 Å². The lowest BCUT2D eigenvalue weighted by Gasteiger charge is -2.04. The minimum atomic E-state index is -0.416. The van der Waals surface area contributed by atoms with Crippen molar-refractivity contribution in [2.45, 2.75) is 24.0 Å². The number of nitrogens with zero attached hydrogens (tertiary/aromatic N) is 2. The van der Waals surface area contributed by atoms with Gasteiger partial charge in [0.1, 0.15) is 11.0 Å². The van der Waals surface area contributed by atoms with Gasteiger partial charge in [-0.1, -0.05) is 23.4 Å². The average molecular weight is 329 g/mol. The van der Waals surface area contributed by atoms with Gasteiger partial charge in [0, 0.05) is 5.02 Å². The van der Waals surface area contributed by atoms with Crippen molar-refractivity contribution in [3.8, 4) is 5.75 Å². The van der Waals surface area contributed by atoms with Crippen molar-refractivity contribution in [1.82, 2.24) is 10.2 Å². The lowest BCUT2D eigenvalue weighted by Crippen LogP contribution is -2.14. The third-order valence-electron chi connectivity index (χ3n) is 2.43. The molecule has 2 aromatic rings. The van der Waals surface area contributed by atoms with E-state index in [4.69, 9.17) is 20.8 Å². The number of aromatic nitrogens is 2. The molecule has 0 fully saturated rings. The van der Waals surface area contributed by atoms with Gasteiger partial charge in [-0.2, -0.15) is 0 Å². The number of carbonyl (C=O) groups excluding carboxylic acids is 1. The van der Waals surface area contributed by atoms with E-state index in [1.807, 2.05) is 0 Å². The van der Waals surface area contributed by atoms with Gasteiger partial charge >= 0.3 is 5.97 Å². The van der Waals surface area contributed by atoms with Gasteiger partial charge in [0.05, 0.1) is 7.11 Å². The number of carbonyl (C=O) groups is 1. The van der Waals surface area contributed by atoms with Crippen LogP contribution in [0.3, 0.4) is 0 Å². The molecule has 1 aromatic carbocycles. The zero-order valence-corrected chi connectivity index (χ0v) is 13.0. The van der Waals surface area contributed by atoms with E-state index < -0.39 is 5.25 Å². The Morgan fingerprint density at radius 3 is 2.76 bits per heavy atom. The van der Waals surface area contributed by atoms with E-state index in [1.165, 1.54) is 7.11 Å². The molecule has 0 amide bonds. The number of rotatable bonds is 6. The van der Waals surface area contributed by atoms with E-state index in [0.717, 1.165) is 11.8 Å². The summed E-state index contributed by atoms with van der Waals surface area (Å²) in [6, 6.07) is 6.94. The second-order valence-corrected chi connectivity index (χ2v) is 5.72. The SMILES string of the molecule is COC(=O)[C@H](C)Sc1nnc(COc2ccc(Cl)cc2)o1. The van der Waals surface area contributed by atoms with Gasteiger partial charge in [0.15, 0.2) is 6.61 Å². The molecule has 21 heavy (non-hydrogen) atoms. The van der Waals surface area contributed by atoms with Crippen molar-refractivity contribution < 1.29 is 18.7 Å². The van der Waals surface area contributed by atoms with Crippen LogP contribution in [0.15, 0.2) is 33.9 Å². The van der Waals surface area contributed by atoms with Crippen LogP contribution in [0.5, 0.6) is 5.75 Å². The van der Waals surface area contributed by atoms with Crippen molar-refractivity contribution in [3.05, 3.63) is 35.2 Å². The van der Waals surface area contributed by atoms with Gasteiger partial charge in [-0.25, -0.2) is 0 Å². The molecule has 6 nitrogen and oxygen atoms in total. The Kier molecular flexibility index (Phi) is 5.46. The van der Waals surface area contributed by atoms with Crippen molar-refractivity contribution >= 4 is 29.3 Å². The molecule has 0 N–H and O–H groups in total. The molecule has 2 rings (SSSR count). The number of hydrogen-bond acceptors (Lipinski definition) is 7. The smallest absolute Gasteiger partial charge is 0.319 e. The fraction of sp³-hybridized carbons (Fsp3) is 0.308. The number of esters is 1. The van der Waals surface area contributed by atoms with Crippen molar-refractivity contribution in [2.75, 3.05) is 7.11 Å². The molecule has 0 saturated heterocycles. The Hall–Kier alpha value is -1.73. The fourth-order valence-electron chi connectivity index (χ4n) is 1.39. The third-order valence-corrected chi connectivity index (χ3v) is 3.60. The summed E-state index contributed by atoms with van der Waals surface area (Å²) in [5, 5.41) is 8.20. The second kappa shape index (κ2) is 7.33. The molecule has 1 heterocycles. The molecular weight excluding hydrogens is 316 g/mol. The number of hydrogen-bond donors (Lipinski definition) is 0. The Morgan fingerprint density at radius 2 is 2.10 bits per heavy atom. The molecule has 1 aromatic heterocycles. The van der Waals surface area contributed by atoms with E-state index in [2.05, 4.69) is 14.9 Å². The highest BCUT2D eigenvalue weighted by atomic mass is 35.5. The summed E-state index contributed by atoms with van der Waals surface area (Å²) >= 11 is 6.91. The van der Waals surface area contributed by atoms with E-state index in [1.54, 1.807) is 31.2 Å². The van der Waals surface area contributed by atoms with Gasteiger partial charge < -0.3 is 13.9 Å². The maximum Gasteiger partial charge on any atom is 0.319 e. The Labute approximate surface area is 130 Å². The Bertz CT molecular complexity index is 602. The molecule has 0 aliphatic carbocycles. The number of benzene rings is 1. The van der Waals surface area contributed by atoms with E-state index in [9.17, 15) is 4.79 Å². The van der Waals surface area contributed by atoms with Crippen molar-refractivity contribution in [1.29, 1.82) is 0 Å². The van der Waals surface area contributed by atoms with Gasteiger partial charge in [-0.3, -0.25) is 4.79 Å². The molecule has 0 aliphatic rings. The standard InChI is InChI=1S/C13H13ClN2O4S/c1-8(12(17)18-2)21-13-16-15-11(20-13)7-19-10-5-3-9(14)4-6-10/h3-6,8H,7H2,1-2H3/t8-/m0/s1. The normalized spacial score (nSPS) is 12.0. The van der Waals surface area contributed by atoms with E-state index in [0.29, 0.717) is 21.9 Å². The molecule has 0 bridgehead atoms. The van der Waals surface area contributed by atoms with Gasteiger partial charge in [-0.05, 0) is 31.2 Å². The highest BCUT2D eigenvalue weighted by molar-refractivity contribution is 8.00. The minimum Gasteiger partial charge on any atom is -0.484 e. The lowest BCUT2D eigenvalue weighted by atomic mass is 10.3. The predicted octanol–water partition coefficient (Wildman–Crippen LogP) is 2.96. The van der Waals surface area contributed by atoms with Crippen LogP contribution in [-0.2, 0) is 16.1 Å². The Morgan fingerprint density at radius 1 is 1.38 bits per heavy atom. The van der Waals surface area contributed by atoms with Crippen LogP contribution in [0.4, 0.5) is 0 Å². The number of halogens is 1. The first-order valence-corrected chi connectivity index (χ1v) is 7.29. The molecule has 0 saturated carbocycles. The summed E-state index contributed by atoms with van der Waals surface area (Å²) in [7, 11) is 1.33. The van der Waals surface area contributed by atoms with Gasteiger partial charge in [0.25, 0.3) is 11.1 Å². The van der Waals surface area contributed by atoms with Gasteiger partial charge in [-0.15, -0.1) is 10.2 Å². The van der Waals surface area contributed by atoms with Crippen molar-refractivity contribution in [3.63, 3.8) is 0 Å². The monoisotopic (exact) mass is 328 g/mol. The summed E-state index contributed by atoms with van der Waals surface area (Å²) in [4.78, 5) is 11.3. The molecule has 1 atom stereocenters. The maximum absolute atomic E-state index is 11.3.